The normalized spacial score (nSPS) is 11.4. The molecule has 108 valence electrons. The summed E-state index contributed by atoms with van der Waals surface area (Å²) < 4.78 is 5.44. The molecule has 0 aliphatic rings. The Hall–Kier alpha value is -2.24. The molecular weight excluding hydrogens is 260 g/mol. The third-order valence-corrected chi connectivity index (χ3v) is 2.62. The van der Waals surface area contributed by atoms with Crippen LogP contribution in [0.5, 0.6) is 5.75 Å². The van der Waals surface area contributed by atoms with Crippen LogP contribution in [0.3, 0.4) is 0 Å². The molecule has 0 aliphatic heterocycles. The first-order valence-corrected chi connectivity index (χ1v) is 6.39. The molecule has 0 aromatic heterocycles. The van der Waals surface area contributed by atoms with Crippen molar-refractivity contribution in [1.82, 2.24) is 5.32 Å². The molecule has 7 heteroatoms. The zero-order valence-corrected chi connectivity index (χ0v) is 11.3. The van der Waals surface area contributed by atoms with E-state index in [4.69, 9.17) is 10.3 Å². The molecule has 1 atom stereocenters. The van der Waals surface area contributed by atoms with Crippen LogP contribution in [0.25, 0.3) is 10.4 Å². The third kappa shape index (κ3) is 4.79. The first kappa shape index (κ1) is 15.8. The Labute approximate surface area is 117 Å². The van der Waals surface area contributed by atoms with Gasteiger partial charge in [-0.2, -0.15) is 0 Å². The standard InChI is InChI=1S/C13H18N4O3/c1-2-20-11-7-4-3-6-10(11)12(13(18)19)15-8-5-9-16-17-14/h3-4,6-7,12,15H,2,5,8-9H2,1H3,(H,18,19). The first-order chi connectivity index (χ1) is 9.70. The van der Waals surface area contributed by atoms with Gasteiger partial charge < -0.3 is 15.2 Å². The van der Waals surface area contributed by atoms with Crippen LogP contribution in [0, 0.1) is 0 Å². The minimum atomic E-state index is -0.971. The molecule has 0 bridgehead atoms. The molecule has 0 saturated carbocycles. The van der Waals surface area contributed by atoms with E-state index in [0.29, 0.717) is 37.4 Å². The Bertz CT molecular complexity index is 486. The quantitative estimate of drug-likeness (QED) is 0.313. The van der Waals surface area contributed by atoms with Gasteiger partial charge in [-0.05, 0) is 31.5 Å². The maximum atomic E-state index is 11.4. The summed E-state index contributed by atoms with van der Waals surface area (Å²) in [6.45, 7) is 3.10. The van der Waals surface area contributed by atoms with Crippen LogP contribution in [-0.2, 0) is 4.79 Å². The van der Waals surface area contributed by atoms with Crippen molar-refractivity contribution in [1.29, 1.82) is 0 Å². The number of ether oxygens (including phenoxy) is 1. The van der Waals surface area contributed by atoms with E-state index in [9.17, 15) is 9.90 Å². The van der Waals surface area contributed by atoms with Gasteiger partial charge in [0.05, 0.1) is 6.61 Å². The molecule has 0 radical (unpaired) electrons. The highest BCUT2D eigenvalue weighted by atomic mass is 16.5. The van der Waals surface area contributed by atoms with Crippen LogP contribution in [0.4, 0.5) is 0 Å². The molecule has 0 aliphatic carbocycles. The van der Waals surface area contributed by atoms with Crippen LogP contribution < -0.4 is 10.1 Å². The first-order valence-electron chi connectivity index (χ1n) is 6.39. The molecule has 2 N–H and O–H groups in total. The minimum Gasteiger partial charge on any atom is -0.494 e. The third-order valence-electron chi connectivity index (χ3n) is 2.62. The van der Waals surface area contributed by atoms with E-state index in [2.05, 4.69) is 15.3 Å². The van der Waals surface area contributed by atoms with Crippen molar-refractivity contribution >= 4 is 5.97 Å². The van der Waals surface area contributed by atoms with Gasteiger partial charge in [-0.3, -0.25) is 4.79 Å². The van der Waals surface area contributed by atoms with Gasteiger partial charge in [0, 0.05) is 17.0 Å². The van der Waals surface area contributed by atoms with Gasteiger partial charge in [-0.25, -0.2) is 0 Å². The highest BCUT2D eigenvalue weighted by Gasteiger charge is 2.22. The van der Waals surface area contributed by atoms with E-state index >= 15 is 0 Å². The molecule has 7 nitrogen and oxygen atoms in total. The Morgan fingerprint density at radius 2 is 2.30 bits per heavy atom. The fourth-order valence-electron chi connectivity index (χ4n) is 1.78. The molecule has 20 heavy (non-hydrogen) atoms. The fourth-order valence-corrected chi connectivity index (χ4v) is 1.78. The fraction of sp³-hybridized carbons (Fsp3) is 0.462. The summed E-state index contributed by atoms with van der Waals surface area (Å²) in [6.07, 6.45) is 0.574. The van der Waals surface area contributed by atoms with E-state index in [-0.39, 0.29) is 0 Å². The average molecular weight is 278 g/mol. The molecule has 1 unspecified atom stereocenters. The second-order valence-corrected chi connectivity index (χ2v) is 4.00. The number of carboxylic acid groups (broad SMARTS) is 1. The lowest BCUT2D eigenvalue weighted by atomic mass is 10.1. The summed E-state index contributed by atoms with van der Waals surface area (Å²) in [7, 11) is 0. The second-order valence-electron chi connectivity index (χ2n) is 4.00. The van der Waals surface area contributed by atoms with E-state index in [0.717, 1.165) is 0 Å². The maximum Gasteiger partial charge on any atom is 0.325 e. The lowest BCUT2D eigenvalue weighted by Crippen LogP contribution is -2.30. The molecule has 0 heterocycles. The van der Waals surface area contributed by atoms with E-state index in [1.54, 1.807) is 24.3 Å². The zero-order valence-electron chi connectivity index (χ0n) is 11.3. The Morgan fingerprint density at radius 1 is 1.55 bits per heavy atom. The van der Waals surface area contributed by atoms with Crippen LogP contribution in [-0.4, -0.2) is 30.8 Å². The monoisotopic (exact) mass is 278 g/mol. The molecule has 1 rings (SSSR count). The zero-order chi connectivity index (χ0) is 14.8. The second kappa shape index (κ2) is 8.79. The smallest absolute Gasteiger partial charge is 0.325 e. The number of benzene rings is 1. The number of hydrogen-bond acceptors (Lipinski definition) is 4. The van der Waals surface area contributed by atoms with Crippen LogP contribution in [0.2, 0.25) is 0 Å². The van der Waals surface area contributed by atoms with Crippen LogP contribution in [0.15, 0.2) is 29.4 Å². The van der Waals surface area contributed by atoms with Crippen LogP contribution in [0.1, 0.15) is 24.9 Å². The maximum absolute atomic E-state index is 11.4. The number of nitrogens with zero attached hydrogens (tertiary/aromatic N) is 3. The Kier molecular flexibility index (Phi) is 6.95. The molecular formula is C13H18N4O3. The lowest BCUT2D eigenvalue weighted by molar-refractivity contribution is -0.139. The number of nitrogens with one attached hydrogen (secondary N) is 1. The lowest BCUT2D eigenvalue weighted by Gasteiger charge is -2.18. The highest BCUT2D eigenvalue weighted by Crippen LogP contribution is 2.25. The SMILES string of the molecule is CCOc1ccccc1C(NCCCN=[N+]=[N-])C(=O)O. The van der Waals surface area contributed by atoms with Gasteiger partial charge in [0.1, 0.15) is 11.8 Å². The van der Waals surface area contributed by atoms with Crippen molar-refractivity contribution in [2.45, 2.75) is 19.4 Å². The van der Waals surface area contributed by atoms with Gasteiger partial charge in [0.15, 0.2) is 0 Å². The minimum absolute atomic E-state index is 0.336. The van der Waals surface area contributed by atoms with Gasteiger partial charge in [-0.15, -0.1) is 0 Å². The van der Waals surface area contributed by atoms with E-state index in [1.165, 1.54) is 0 Å². The van der Waals surface area contributed by atoms with Crippen molar-refractivity contribution in [2.24, 2.45) is 5.11 Å². The molecule has 0 amide bonds. The van der Waals surface area contributed by atoms with Crippen molar-refractivity contribution in [3.63, 3.8) is 0 Å². The largest absolute Gasteiger partial charge is 0.494 e. The summed E-state index contributed by atoms with van der Waals surface area (Å²) in [6, 6.07) is 6.20. The molecule has 1 aromatic rings. The number of carbonyl (C=O) groups is 1. The van der Waals surface area contributed by atoms with Gasteiger partial charge in [0.25, 0.3) is 0 Å². The number of para-hydroxylation sites is 1. The van der Waals surface area contributed by atoms with Crippen molar-refractivity contribution < 1.29 is 14.6 Å². The molecule has 0 saturated heterocycles. The Balaban J connectivity index is 2.75. The topological polar surface area (TPSA) is 107 Å². The number of azide groups is 1. The summed E-state index contributed by atoms with van der Waals surface area (Å²) in [5.74, 6) is -0.411. The number of carboxylic acids is 1. The highest BCUT2D eigenvalue weighted by molar-refractivity contribution is 5.76. The number of hydrogen-bond donors (Lipinski definition) is 2. The summed E-state index contributed by atoms with van der Waals surface area (Å²) in [5, 5.41) is 15.7. The van der Waals surface area contributed by atoms with Crippen molar-refractivity contribution in [2.75, 3.05) is 19.7 Å². The van der Waals surface area contributed by atoms with Gasteiger partial charge >= 0.3 is 5.97 Å². The summed E-state index contributed by atoms with van der Waals surface area (Å²) >= 11 is 0. The predicted octanol–water partition coefficient (Wildman–Crippen LogP) is 2.50. The summed E-state index contributed by atoms with van der Waals surface area (Å²) in [4.78, 5) is 14.0. The Morgan fingerprint density at radius 3 is 2.95 bits per heavy atom. The number of aliphatic carboxylic acids is 1. The number of rotatable bonds is 9. The van der Waals surface area contributed by atoms with E-state index < -0.39 is 12.0 Å². The van der Waals surface area contributed by atoms with Gasteiger partial charge in [-0.1, -0.05) is 23.3 Å². The van der Waals surface area contributed by atoms with Crippen LogP contribution >= 0.6 is 0 Å². The molecule has 0 fully saturated rings. The van der Waals surface area contributed by atoms with Crippen molar-refractivity contribution in [3.8, 4) is 5.75 Å². The van der Waals surface area contributed by atoms with Crippen molar-refractivity contribution in [3.05, 3.63) is 40.3 Å². The van der Waals surface area contributed by atoms with E-state index in [1.807, 2.05) is 6.92 Å². The average Bonchev–Trinajstić information content (AvgIpc) is 2.44. The van der Waals surface area contributed by atoms with Gasteiger partial charge in [0.2, 0.25) is 0 Å². The predicted molar refractivity (Wildman–Crippen MR) is 74.6 cm³/mol. The molecule has 1 aromatic carbocycles. The molecule has 0 spiro atoms. The summed E-state index contributed by atoms with van der Waals surface area (Å²) in [5.41, 5.74) is 8.75.